The van der Waals surface area contributed by atoms with Gasteiger partial charge in [0, 0.05) is 0 Å². The molecular formula is C13H18F3NO2. The third kappa shape index (κ3) is 4.72. The Kier molecular flexibility index (Phi) is 5.62. The smallest absolute Gasteiger partial charge is 0.414 e. The molecule has 6 heteroatoms. The van der Waals surface area contributed by atoms with Gasteiger partial charge in [-0.15, -0.1) is 0 Å². The molecule has 19 heavy (non-hydrogen) atoms. The quantitative estimate of drug-likeness (QED) is 0.867. The summed E-state index contributed by atoms with van der Waals surface area (Å²) in [7, 11) is 3.21. The van der Waals surface area contributed by atoms with E-state index in [0.29, 0.717) is 5.75 Å². The van der Waals surface area contributed by atoms with Crippen LogP contribution in [0.5, 0.6) is 5.75 Å². The van der Waals surface area contributed by atoms with Crippen LogP contribution in [0.2, 0.25) is 0 Å². The second kappa shape index (κ2) is 6.77. The van der Waals surface area contributed by atoms with E-state index in [1.807, 2.05) is 6.07 Å². The van der Waals surface area contributed by atoms with Gasteiger partial charge in [-0.1, -0.05) is 12.1 Å². The normalized spacial score (nSPS) is 15.1. The van der Waals surface area contributed by atoms with Gasteiger partial charge in [-0.3, -0.25) is 0 Å². The van der Waals surface area contributed by atoms with Crippen LogP contribution in [0.3, 0.4) is 0 Å². The topological polar surface area (TPSA) is 30.5 Å². The molecule has 1 aromatic rings. The number of hydrogen-bond donors (Lipinski definition) is 1. The Morgan fingerprint density at radius 2 is 2.00 bits per heavy atom. The Morgan fingerprint density at radius 3 is 2.53 bits per heavy atom. The summed E-state index contributed by atoms with van der Waals surface area (Å²) >= 11 is 0. The summed E-state index contributed by atoms with van der Waals surface area (Å²) in [6, 6.07) is 6.81. The summed E-state index contributed by atoms with van der Waals surface area (Å²) in [5.74, 6) is 0.654. The van der Waals surface area contributed by atoms with Crippen LogP contribution in [0.15, 0.2) is 24.3 Å². The SMILES string of the molecule is CNC(COC(C)C(F)(F)F)c1cccc(OC)c1. The number of rotatable bonds is 6. The van der Waals surface area contributed by atoms with Crippen molar-refractivity contribution in [3.63, 3.8) is 0 Å². The zero-order chi connectivity index (χ0) is 14.5. The van der Waals surface area contributed by atoms with Crippen molar-refractivity contribution in [3.05, 3.63) is 29.8 Å². The zero-order valence-electron chi connectivity index (χ0n) is 11.1. The van der Waals surface area contributed by atoms with Gasteiger partial charge in [0.25, 0.3) is 0 Å². The van der Waals surface area contributed by atoms with Crippen LogP contribution in [0.4, 0.5) is 13.2 Å². The fraction of sp³-hybridized carbons (Fsp3) is 0.538. The van der Waals surface area contributed by atoms with Gasteiger partial charge in [-0.2, -0.15) is 13.2 Å². The molecule has 0 heterocycles. The van der Waals surface area contributed by atoms with Crippen molar-refractivity contribution < 1.29 is 22.6 Å². The molecule has 2 unspecified atom stereocenters. The lowest BCUT2D eigenvalue weighted by atomic mass is 10.1. The molecule has 0 spiro atoms. The van der Waals surface area contributed by atoms with E-state index >= 15 is 0 Å². The highest BCUT2D eigenvalue weighted by molar-refractivity contribution is 5.30. The molecule has 0 aromatic heterocycles. The minimum atomic E-state index is -4.34. The molecule has 2 atom stereocenters. The zero-order valence-corrected chi connectivity index (χ0v) is 11.1. The number of methoxy groups -OCH3 is 1. The first-order chi connectivity index (χ1) is 8.88. The van der Waals surface area contributed by atoms with E-state index in [4.69, 9.17) is 9.47 Å². The van der Waals surface area contributed by atoms with E-state index in [1.165, 1.54) is 7.11 Å². The van der Waals surface area contributed by atoms with Crippen LogP contribution in [0.1, 0.15) is 18.5 Å². The lowest BCUT2D eigenvalue weighted by Gasteiger charge is -2.22. The van der Waals surface area contributed by atoms with E-state index in [0.717, 1.165) is 12.5 Å². The highest BCUT2D eigenvalue weighted by Gasteiger charge is 2.37. The van der Waals surface area contributed by atoms with E-state index in [9.17, 15) is 13.2 Å². The predicted molar refractivity (Wildman–Crippen MR) is 66.3 cm³/mol. The third-order valence-electron chi connectivity index (χ3n) is 2.82. The van der Waals surface area contributed by atoms with Crippen molar-refractivity contribution in [3.8, 4) is 5.75 Å². The molecule has 0 aliphatic carbocycles. The maximum atomic E-state index is 12.4. The van der Waals surface area contributed by atoms with Gasteiger partial charge in [0.2, 0.25) is 0 Å². The van der Waals surface area contributed by atoms with Gasteiger partial charge in [-0.25, -0.2) is 0 Å². The number of halogens is 3. The van der Waals surface area contributed by atoms with Crippen LogP contribution in [0.25, 0.3) is 0 Å². The predicted octanol–water partition coefficient (Wildman–Crippen LogP) is 2.92. The first-order valence-corrected chi connectivity index (χ1v) is 5.88. The molecule has 0 aliphatic heterocycles. The average molecular weight is 277 g/mol. The molecule has 0 saturated carbocycles. The molecular weight excluding hydrogens is 259 g/mol. The largest absolute Gasteiger partial charge is 0.497 e. The minimum absolute atomic E-state index is 0.0651. The molecule has 0 bridgehead atoms. The maximum absolute atomic E-state index is 12.4. The van der Waals surface area contributed by atoms with E-state index in [1.54, 1.807) is 25.2 Å². The highest BCUT2D eigenvalue weighted by Crippen LogP contribution is 2.24. The van der Waals surface area contributed by atoms with Gasteiger partial charge in [0.05, 0.1) is 19.8 Å². The fourth-order valence-electron chi connectivity index (χ4n) is 1.54. The lowest BCUT2D eigenvalue weighted by molar-refractivity contribution is -0.215. The summed E-state index contributed by atoms with van der Waals surface area (Å²) in [5.41, 5.74) is 0.816. The van der Waals surface area contributed by atoms with E-state index < -0.39 is 12.3 Å². The van der Waals surface area contributed by atoms with Crippen molar-refractivity contribution in [1.82, 2.24) is 5.32 Å². The van der Waals surface area contributed by atoms with Crippen LogP contribution in [-0.4, -0.2) is 33.0 Å². The van der Waals surface area contributed by atoms with Gasteiger partial charge in [0.1, 0.15) is 5.75 Å². The van der Waals surface area contributed by atoms with Crippen molar-refractivity contribution in [1.29, 1.82) is 0 Å². The summed E-state index contributed by atoms with van der Waals surface area (Å²) in [6.45, 7) is 0.933. The number of likely N-dealkylation sites (N-methyl/N-ethyl adjacent to an activating group) is 1. The summed E-state index contributed by atoms with van der Waals surface area (Å²) in [6.07, 6.45) is -6.12. The summed E-state index contributed by atoms with van der Waals surface area (Å²) in [5, 5.41) is 2.93. The summed E-state index contributed by atoms with van der Waals surface area (Å²) < 4.78 is 47.0. The number of hydrogen-bond acceptors (Lipinski definition) is 3. The number of alkyl halides is 3. The molecule has 1 aromatic carbocycles. The van der Waals surface area contributed by atoms with Gasteiger partial charge in [-0.05, 0) is 31.7 Å². The molecule has 0 amide bonds. The van der Waals surface area contributed by atoms with E-state index in [-0.39, 0.29) is 12.6 Å². The van der Waals surface area contributed by atoms with Crippen LogP contribution in [0, 0.1) is 0 Å². The van der Waals surface area contributed by atoms with Crippen LogP contribution in [-0.2, 0) is 4.74 Å². The monoisotopic (exact) mass is 277 g/mol. The van der Waals surface area contributed by atoms with Gasteiger partial charge in [0.15, 0.2) is 6.10 Å². The Balaban J connectivity index is 2.67. The Morgan fingerprint density at radius 1 is 1.32 bits per heavy atom. The van der Waals surface area contributed by atoms with Crippen molar-refractivity contribution >= 4 is 0 Å². The highest BCUT2D eigenvalue weighted by atomic mass is 19.4. The molecule has 1 N–H and O–H groups in total. The number of ether oxygens (including phenoxy) is 2. The second-order valence-corrected chi connectivity index (χ2v) is 4.14. The minimum Gasteiger partial charge on any atom is -0.497 e. The average Bonchev–Trinajstić information content (AvgIpc) is 2.38. The lowest BCUT2D eigenvalue weighted by Crippen LogP contribution is -2.32. The standard InChI is InChI=1S/C13H18F3NO2/c1-9(13(14,15)16)19-8-12(17-2)10-5-4-6-11(7-10)18-3/h4-7,9,12,17H,8H2,1-3H3. The van der Waals surface area contributed by atoms with Crippen LogP contribution < -0.4 is 10.1 Å². The Hall–Kier alpha value is -1.27. The van der Waals surface area contributed by atoms with Crippen molar-refractivity contribution in [2.24, 2.45) is 0 Å². The van der Waals surface area contributed by atoms with Crippen molar-refractivity contribution in [2.75, 3.05) is 20.8 Å². The second-order valence-electron chi connectivity index (χ2n) is 4.14. The molecule has 0 aliphatic rings. The van der Waals surface area contributed by atoms with Crippen LogP contribution >= 0.6 is 0 Å². The molecule has 0 fully saturated rings. The number of nitrogens with one attached hydrogen (secondary N) is 1. The first kappa shape index (κ1) is 15.8. The summed E-state index contributed by atoms with van der Waals surface area (Å²) in [4.78, 5) is 0. The number of benzene rings is 1. The Labute approximate surface area is 110 Å². The molecule has 3 nitrogen and oxygen atoms in total. The molecule has 0 radical (unpaired) electrons. The Bertz CT molecular complexity index is 396. The van der Waals surface area contributed by atoms with Gasteiger partial charge < -0.3 is 14.8 Å². The van der Waals surface area contributed by atoms with Crippen molar-refractivity contribution in [2.45, 2.75) is 25.2 Å². The van der Waals surface area contributed by atoms with E-state index in [2.05, 4.69) is 5.32 Å². The molecule has 0 saturated heterocycles. The molecule has 1 rings (SSSR count). The molecule has 108 valence electrons. The fourth-order valence-corrected chi connectivity index (χ4v) is 1.54. The third-order valence-corrected chi connectivity index (χ3v) is 2.82. The first-order valence-electron chi connectivity index (χ1n) is 5.88. The van der Waals surface area contributed by atoms with Gasteiger partial charge >= 0.3 is 6.18 Å². The maximum Gasteiger partial charge on any atom is 0.414 e.